The first-order valence-corrected chi connectivity index (χ1v) is 8.52. The summed E-state index contributed by atoms with van der Waals surface area (Å²) in [4.78, 5) is 16.6. The number of carbonyl (C=O) groups is 1. The van der Waals surface area contributed by atoms with Crippen LogP contribution in [0.15, 0.2) is 6.33 Å². The van der Waals surface area contributed by atoms with Crippen molar-refractivity contribution < 1.29 is 14.6 Å². The molecule has 2 saturated heterocycles. The summed E-state index contributed by atoms with van der Waals surface area (Å²) in [7, 11) is 0. The van der Waals surface area contributed by atoms with Crippen LogP contribution in [0.5, 0.6) is 0 Å². The number of aliphatic hydroxyl groups excluding tert-OH is 1. The number of tetrazole rings is 1. The van der Waals surface area contributed by atoms with E-state index in [0.717, 1.165) is 19.6 Å². The third kappa shape index (κ3) is 4.08. The molecule has 2 fully saturated rings. The molecule has 2 aliphatic heterocycles. The monoisotopic (exact) mass is 338 g/mol. The minimum atomic E-state index is -0.00744. The van der Waals surface area contributed by atoms with Gasteiger partial charge >= 0.3 is 0 Å². The van der Waals surface area contributed by atoms with Gasteiger partial charge in [-0.3, -0.25) is 9.69 Å². The van der Waals surface area contributed by atoms with Crippen LogP contribution < -0.4 is 0 Å². The van der Waals surface area contributed by atoms with Gasteiger partial charge in [0.2, 0.25) is 5.91 Å². The number of rotatable bonds is 5. The van der Waals surface area contributed by atoms with Gasteiger partial charge in [-0.25, -0.2) is 4.68 Å². The molecule has 1 aromatic rings. The zero-order chi connectivity index (χ0) is 17.1. The van der Waals surface area contributed by atoms with E-state index in [1.807, 2.05) is 4.90 Å². The molecule has 2 aliphatic rings. The Morgan fingerprint density at radius 1 is 1.21 bits per heavy atom. The summed E-state index contributed by atoms with van der Waals surface area (Å²) in [5.41, 5.74) is 0. The maximum Gasteiger partial charge on any atom is 0.244 e. The van der Waals surface area contributed by atoms with E-state index in [9.17, 15) is 9.90 Å². The predicted molar refractivity (Wildman–Crippen MR) is 84.9 cm³/mol. The minimum Gasteiger partial charge on any atom is -0.396 e. The van der Waals surface area contributed by atoms with E-state index in [1.54, 1.807) is 0 Å². The van der Waals surface area contributed by atoms with Gasteiger partial charge in [0.1, 0.15) is 12.9 Å². The molecule has 0 spiro atoms. The molecule has 0 saturated carbocycles. The maximum atomic E-state index is 12.4. The van der Waals surface area contributed by atoms with Crippen molar-refractivity contribution in [1.82, 2.24) is 30.0 Å². The Bertz CT molecular complexity index is 529. The summed E-state index contributed by atoms with van der Waals surface area (Å²) in [6.45, 7) is 8.38. The predicted octanol–water partition coefficient (Wildman–Crippen LogP) is -1.15. The van der Waals surface area contributed by atoms with E-state index in [-0.39, 0.29) is 43.1 Å². The lowest BCUT2D eigenvalue weighted by atomic mass is 9.96. The van der Waals surface area contributed by atoms with Crippen LogP contribution in [0, 0.1) is 11.8 Å². The van der Waals surface area contributed by atoms with Crippen molar-refractivity contribution >= 4 is 5.91 Å². The van der Waals surface area contributed by atoms with Crippen LogP contribution in [0.1, 0.15) is 13.8 Å². The smallest absolute Gasteiger partial charge is 0.244 e. The maximum absolute atomic E-state index is 12.4. The molecule has 1 N–H and O–H groups in total. The van der Waals surface area contributed by atoms with Crippen molar-refractivity contribution in [2.75, 3.05) is 39.3 Å². The van der Waals surface area contributed by atoms with Crippen molar-refractivity contribution in [1.29, 1.82) is 0 Å². The first-order chi connectivity index (χ1) is 11.5. The first-order valence-electron chi connectivity index (χ1n) is 8.52. The van der Waals surface area contributed by atoms with Crippen LogP contribution >= 0.6 is 0 Å². The highest BCUT2D eigenvalue weighted by Gasteiger charge is 2.36. The normalized spacial score (nSPS) is 31.5. The Morgan fingerprint density at radius 2 is 1.92 bits per heavy atom. The molecule has 0 aromatic carbocycles. The second kappa shape index (κ2) is 7.54. The van der Waals surface area contributed by atoms with E-state index in [0.29, 0.717) is 13.1 Å². The number of hydrogen-bond acceptors (Lipinski definition) is 7. The molecule has 9 heteroatoms. The second-order valence-electron chi connectivity index (χ2n) is 6.98. The lowest BCUT2D eigenvalue weighted by molar-refractivity contribution is -0.131. The van der Waals surface area contributed by atoms with Crippen LogP contribution in [0.25, 0.3) is 0 Å². The number of nitrogens with zero attached hydrogens (tertiary/aromatic N) is 6. The molecule has 0 radical (unpaired) electrons. The summed E-state index contributed by atoms with van der Waals surface area (Å²) in [5, 5.41) is 20.5. The first kappa shape index (κ1) is 17.2. The van der Waals surface area contributed by atoms with E-state index in [2.05, 4.69) is 34.3 Å². The summed E-state index contributed by atoms with van der Waals surface area (Å²) < 4.78 is 7.20. The number of morpholine rings is 1. The van der Waals surface area contributed by atoms with Gasteiger partial charge in [0.15, 0.2) is 0 Å². The number of hydrogen-bond donors (Lipinski definition) is 1. The van der Waals surface area contributed by atoms with E-state index >= 15 is 0 Å². The van der Waals surface area contributed by atoms with Gasteiger partial charge < -0.3 is 14.7 Å². The van der Waals surface area contributed by atoms with E-state index < -0.39 is 0 Å². The third-order valence-corrected chi connectivity index (χ3v) is 4.84. The van der Waals surface area contributed by atoms with Crippen LogP contribution in [0.2, 0.25) is 0 Å². The molecule has 9 nitrogen and oxygen atoms in total. The topological polar surface area (TPSA) is 96.6 Å². The average molecular weight is 338 g/mol. The highest BCUT2D eigenvalue weighted by Crippen LogP contribution is 2.25. The molecule has 1 aromatic heterocycles. The van der Waals surface area contributed by atoms with Gasteiger partial charge in [0, 0.05) is 45.2 Å². The summed E-state index contributed by atoms with van der Waals surface area (Å²) in [5.74, 6) is 0.397. The third-order valence-electron chi connectivity index (χ3n) is 4.84. The van der Waals surface area contributed by atoms with Crippen LogP contribution in [0.4, 0.5) is 0 Å². The number of amides is 1. The molecule has 4 atom stereocenters. The number of ether oxygens (including phenoxy) is 1. The van der Waals surface area contributed by atoms with Gasteiger partial charge in [0.05, 0.1) is 12.2 Å². The largest absolute Gasteiger partial charge is 0.396 e. The van der Waals surface area contributed by atoms with E-state index in [1.165, 1.54) is 11.0 Å². The second-order valence-corrected chi connectivity index (χ2v) is 6.98. The molecule has 0 aliphatic carbocycles. The summed E-state index contributed by atoms with van der Waals surface area (Å²) in [6.07, 6.45) is 1.88. The molecule has 3 heterocycles. The molecular weight excluding hydrogens is 312 g/mol. The fraction of sp³-hybridized carbons (Fsp3) is 0.867. The Labute approximate surface area is 141 Å². The Balaban J connectivity index is 1.56. The fourth-order valence-electron chi connectivity index (χ4n) is 3.81. The quantitative estimate of drug-likeness (QED) is 0.724. The van der Waals surface area contributed by atoms with Crippen molar-refractivity contribution in [2.24, 2.45) is 11.8 Å². The van der Waals surface area contributed by atoms with Gasteiger partial charge in [-0.1, -0.05) is 0 Å². The zero-order valence-electron chi connectivity index (χ0n) is 14.3. The fourth-order valence-corrected chi connectivity index (χ4v) is 3.81. The van der Waals surface area contributed by atoms with Crippen molar-refractivity contribution in [3.8, 4) is 0 Å². The number of aromatic nitrogens is 4. The van der Waals surface area contributed by atoms with Crippen molar-refractivity contribution in [3.63, 3.8) is 0 Å². The average Bonchev–Trinajstić information content (AvgIpc) is 3.15. The lowest BCUT2D eigenvalue weighted by Crippen LogP contribution is -2.48. The van der Waals surface area contributed by atoms with E-state index in [4.69, 9.17) is 4.74 Å². The SMILES string of the molecule is CC1CN(CC2CN(C(=O)Cn3cnnn3)CC2CO)CC(C)O1. The highest BCUT2D eigenvalue weighted by molar-refractivity contribution is 5.76. The summed E-state index contributed by atoms with van der Waals surface area (Å²) in [6, 6.07) is 0. The minimum absolute atomic E-state index is 0.00744. The number of likely N-dealkylation sites (tertiary alicyclic amines) is 1. The lowest BCUT2D eigenvalue weighted by Gasteiger charge is -2.37. The number of carbonyl (C=O) groups excluding carboxylic acids is 1. The van der Waals surface area contributed by atoms with Crippen molar-refractivity contribution in [3.05, 3.63) is 6.33 Å². The standard InChI is InChI=1S/C15H26N6O3/c1-11-3-19(4-12(2)24-11)5-13-6-20(7-14(13)9-22)15(23)8-21-10-16-17-18-21/h10-14,22H,3-9H2,1-2H3. The highest BCUT2D eigenvalue weighted by atomic mass is 16.5. The molecule has 24 heavy (non-hydrogen) atoms. The molecule has 1 amide bonds. The van der Waals surface area contributed by atoms with Gasteiger partial charge in [-0.15, -0.1) is 5.10 Å². The Morgan fingerprint density at radius 3 is 2.54 bits per heavy atom. The molecular formula is C15H26N6O3. The molecule has 0 bridgehead atoms. The van der Waals surface area contributed by atoms with Gasteiger partial charge in [-0.2, -0.15) is 0 Å². The molecule has 134 valence electrons. The van der Waals surface area contributed by atoms with Gasteiger partial charge in [-0.05, 0) is 30.2 Å². The van der Waals surface area contributed by atoms with Crippen LogP contribution in [-0.2, 0) is 16.1 Å². The summed E-state index contributed by atoms with van der Waals surface area (Å²) >= 11 is 0. The molecule has 4 unspecified atom stereocenters. The number of aliphatic hydroxyl groups is 1. The Hall–Kier alpha value is -1.58. The van der Waals surface area contributed by atoms with Gasteiger partial charge in [0.25, 0.3) is 0 Å². The van der Waals surface area contributed by atoms with Crippen LogP contribution in [-0.4, -0.2) is 92.6 Å². The van der Waals surface area contributed by atoms with Crippen LogP contribution in [0.3, 0.4) is 0 Å². The van der Waals surface area contributed by atoms with Crippen molar-refractivity contribution in [2.45, 2.75) is 32.6 Å². The Kier molecular flexibility index (Phi) is 5.42. The molecule has 3 rings (SSSR count). The zero-order valence-corrected chi connectivity index (χ0v) is 14.3.